The van der Waals surface area contributed by atoms with E-state index in [1.165, 1.54) is 309 Å². The summed E-state index contributed by atoms with van der Waals surface area (Å²) in [5.41, 5.74) is 1.42. The minimum Gasteiger partial charge on any atom is -0.545 e. The number of halogens is 2. The standard InChI is InChI=1S/C27H16Cl2N2O6.2C26H56N/c28-18-5-1-14(2-6-18)22-20-21(24(32)30-22)23(15-3-7-19(29)8-4-15)31(25(20)33)12-13-9-16(26(34)35)11-17(10-13)27(36)37;2*1-5-7-9-11-13-15-17-19-21-23-25-27(3,4)26-24-22-20-18-16-14-12-10-8-6-2/h1-11,33H,12H2,(H,34,35)(H,36,37);2*5-26H2,1-4H3/q;2*+1/p-2. The van der Waals surface area contributed by atoms with Crippen LogP contribution in [0.3, 0.4) is 0 Å². The fourth-order valence-corrected chi connectivity index (χ4v) is 12.9. The number of amides is 1. The summed E-state index contributed by atoms with van der Waals surface area (Å²) in [6.45, 7) is 14.6. The highest BCUT2D eigenvalue weighted by Crippen LogP contribution is 2.42. The topological polar surface area (TPSA) is 135 Å². The van der Waals surface area contributed by atoms with Gasteiger partial charge in [-0.3, -0.25) is 4.79 Å². The van der Waals surface area contributed by atoms with Crippen LogP contribution in [0.5, 0.6) is 5.88 Å². The number of benzene rings is 3. The third kappa shape index (κ3) is 34.5. The zero-order valence-corrected chi connectivity index (χ0v) is 60.2. The molecule has 3 aromatic carbocycles. The number of carbonyl (C=O) groups excluding carboxylic acids is 3. The van der Waals surface area contributed by atoms with Gasteiger partial charge in [0.25, 0.3) is 5.91 Å². The third-order valence-corrected chi connectivity index (χ3v) is 18.9. The number of quaternary nitrogens is 2. The minimum atomic E-state index is -1.58. The zero-order valence-electron chi connectivity index (χ0n) is 58.7. The van der Waals surface area contributed by atoms with Crippen molar-refractivity contribution in [3.8, 4) is 17.1 Å². The van der Waals surface area contributed by atoms with E-state index in [0.717, 1.165) is 6.07 Å². The van der Waals surface area contributed by atoms with E-state index in [-0.39, 0.29) is 46.0 Å². The predicted octanol–water partition coefficient (Wildman–Crippen LogP) is 20.7. The summed E-state index contributed by atoms with van der Waals surface area (Å²) in [6.07, 6.45) is 58.0. The average Bonchev–Trinajstić information content (AvgIpc) is 1.58. The fourth-order valence-electron chi connectivity index (χ4n) is 12.7. The first kappa shape index (κ1) is 80.8. The van der Waals surface area contributed by atoms with E-state index < -0.39 is 17.8 Å². The lowest BCUT2D eigenvalue weighted by Gasteiger charge is -2.30. The molecule has 2 heterocycles. The number of carboxylic acid groups (broad SMARTS) is 2. The van der Waals surface area contributed by atoms with Crippen molar-refractivity contribution in [2.45, 2.75) is 291 Å². The lowest BCUT2D eigenvalue weighted by Crippen LogP contribution is -2.41. The van der Waals surface area contributed by atoms with Gasteiger partial charge in [0.2, 0.25) is 5.88 Å². The van der Waals surface area contributed by atoms with Gasteiger partial charge in [0.05, 0.1) is 95.4 Å². The van der Waals surface area contributed by atoms with Gasteiger partial charge in [0, 0.05) is 15.6 Å². The molecule has 0 radical (unpaired) electrons. The molecule has 12 heteroatoms. The highest BCUT2D eigenvalue weighted by Gasteiger charge is 2.36. The summed E-state index contributed by atoms with van der Waals surface area (Å²) in [4.78, 5) is 40.3. The van der Waals surface area contributed by atoms with E-state index in [1.807, 2.05) is 0 Å². The van der Waals surface area contributed by atoms with E-state index in [2.05, 4.69) is 60.9 Å². The third-order valence-electron chi connectivity index (χ3n) is 18.4. The van der Waals surface area contributed by atoms with Crippen LogP contribution < -0.4 is 10.2 Å². The molecular formula is C79H126Cl2N4O6. The van der Waals surface area contributed by atoms with Crippen LogP contribution in [0.15, 0.2) is 71.7 Å². The van der Waals surface area contributed by atoms with Crippen LogP contribution in [0.25, 0.3) is 11.3 Å². The van der Waals surface area contributed by atoms with Gasteiger partial charge < -0.3 is 38.4 Å². The molecule has 4 aromatic rings. The summed E-state index contributed by atoms with van der Waals surface area (Å²) >= 11 is 12.0. The highest BCUT2D eigenvalue weighted by molar-refractivity contribution is 6.32. The second-order valence-corrected chi connectivity index (χ2v) is 28.6. The number of aromatic nitrogens is 1. The Kier molecular flexibility index (Phi) is 42.8. The van der Waals surface area contributed by atoms with E-state index in [1.54, 1.807) is 48.5 Å². The summed E-state index contributed by atoms with van der Waals surface area (Å²) < 4.78 is 3.88. The monoisotopic (exact) mass is 1300 g/mol. The Hall–Kier alpha value is -4.48. The zero-order chi connectivity index (χ0) is 66.5. The molecule has 91 heavy (non-hydrogen) atoms. The van der Waals surface area contributed by atoms with E-state index in [9.17, 15) is 29.7 Å². The Labute approximate surface area is 564 Å². The molecule has 1 aliphatic heterocycles. The molecule has 0 fully saturated rings. The Bertz CT molecular complexity index is 2480. The van der Waals surface area contributed by atoms with Gasteiger partial charge in [0.15, 0.2) is 0 Å². The maximum atomic E-state index is 13.1. The molecule has 0 saturated carbocycles. The maximum absolute atomic E-state index is 13.1. The second-order valence-electron chi connectivity index (χ2n) is 27.8. The van der Waals surface area contributed by atoms with Crippen molar-refractivity contribution in [3.63, 3.8) is 0 Å². The van der Waals surface area contributed by atoms with Gasteiger partial charge in [-0.05, 0) is 116 Å². The summed E-state index contributed by atoms with van der Waals surface area (Å²) in [7, 11) is 9.78. The lowest BCUT2D eigenvalue weighted by atomic mass is 10.0. The Balaban J connectivity index is 0.000000365. The molecule has 0 unspecified atom stereocenters. The first-order chi connectivity index (χ1) is 43.9. The van der Waals surface area contributed by atoms with Gasteiger partial charge in [0.1, 0.15) is 0 Å². The molecular weight excluding hydrogens is 1170 g/mol. The molecule has 1 amide bonds. The molecule has 0 bridgehead atoms. The highest BCUT2D eigenvalue weighted by atomic mass is 35.5. The van der Waals surface area contributed by atoms with Crippen LogP contribution >= 0.6 is 23.2 Å². The minimum absolute atomic E-state index is 0.140. The Morgan fingerprint density at radius 3 is 0.978 bits per heavy atom. The second kappa shape index (κ2) is 48.3. The van der Waals surface area contributed by atoms with Crippen molar-refractivity contribution in [1.29, 1.82) is 0 Å². The van der Waals surface area contributed by atoms with Gasteiger partial charge in [-0.15, -0.1) is 0 Å². The number of aromatic carboxylic acids is 2. The van der Waals surface area contributed by atoms with E-state index in [4.69, 9.17) is 23.2 Å². The van der Waals surface area contributed by atoms with Crippen LogP contribution in [-0.2, 0) is 6.54 Å². The number of nitrogens with zero attached hydrogens (tertiary/aromatic N) is 4. The molecule has 512 valence electrons. The van der Waals surface area contributed by atoms with E-state index in [0.29, 0.717) is 26.9 Å². The predicted molar refractivity (Wildman–Crippen MR) is 383 cm³/mol. The number of aliphatic imine (C=N–C) groups is 1. The fraction of sp³-hybridized carbons (Fsp3) is 0.671. The SMILES string of the molecule is CCCCCCCCCCCC[N+](C)(C)CCCCCCCCCCCC.CCCCCCCCCCCC[N+](C)(C)CCCCCCCCCCCC.O=C([O-])c1cc(Cn2c(O)c3c(c2-c2ccc(Cl)cc2)C(=O)N=C3c2ccc(Cl)cc2)cc(C(=O)[O-])c1. The molecule has 0 atom stereocenters. The largest absolute Gasteiger partial charge is 0.545 e. The van der Waals surface area contributed by atoms with Crippen LogP contribution in [0.2, 0.25) is 10.0 Å². The van der Waals surface area contributed by atoms with Gasteiger partial charge in [-0.2, -0.15) is 0 Å². The number of aromatic hydroxyl groups is 1. The van der Waals surface area contributed by atoms with Crippen molar-refractivity contribution in [2.24, 2.45) is 4.99 Å². The van der Waals surface area contributed by atoms with Crippen LogP contribution in [0, 0.1) is 0 Å². The number of unbranched alkanes of at least 4 members (excludes halogenated alkanes) is 36. The number of carboxylic acids is 2. The summed E-state index contributed by atoms with van der Waals surface area (Å²) in [5, 5.41) is 35.3. The van der Waals surface area contributed by atoms with Crippen molar-refractivity contribution < 1.29 is 38.7 Å². The number of fused-ring (bicyclic) bond motifs is 1. The maximum Gasteiger partial charge on any atom is 0.280 e. The normalized spacial score (nSPS) is 12.2. The lowest BCUT2D eigenvalue weighted by molar-refractivity contribution is -0.890. The van der Waals surface area contributed by atoms with Crippen LogP contribution in [0.1, 0.15) is 332 Å². The van der Waals surface area contributed by atoms with Gasteiger partial charge >= 0.3 is 0 Å². The molecule has 0 saturated heterocycles. The van der Waals surface area contributed by atoms with E-state index >= 15 is 0 Å². The van der Waals surface area contributed by atoms with Crippen molar-refractivity contribution >= 4 is 46.8 Å². The van der Waals surface area contributed by atoms with Gasteiger partial charge in [-0.1, -0.05) is 281 Å². The number of carbonyl (C=O) groups is 3. The van der Waals surface area contributed by atoms with Gasteiger partial charge in [-0.25, -0.2) is 4.99 Å². The van der Waals surface area contributed by atoms with Crippen LogP contribution in [-0.4, -0.2) is 96.6 Å². The molecule has 0 aliphatic carbocycles. The average molecular weight is 1300 g/mol. The molecule has 1 N–H and O–H groups in total. The Morgan fingerprint density at radius 2 is 0.692 bits per heavy atom. The number of rotatable bonds is 50. The van der Waals surface area contributed by atoms with Crippen molar-refractivity contribution in [3.05, 3.63) is 110 Å². The summed E-state index contributed by atoms with van der Waals surface area (Å²) in [5.74, 6) is -4.05. The molecule has 1 aromatic heterocycles. The number of hydrogen-bond acceptors (Lipinski definition) is 6. The summed E-state index contributed by atoms with van der Waals surface area (Å²) in [6, 6.07) is 16.5. The molecule has 1 aliphatic rings. The first-order valence-corrected chi connectivity index (χ1v) is 37.4. The van der Waals surface area contributed by atoms with Crippen LogP contribution in [0.4, 0.5) is 0 Å². The Morgan fingerprint density at radius 1 is 0.418 bits per heavy atom. The van der Waals surface area contributed by atoms with Crippen molar-refractivity contribution in [1.82, 2.24) is 4.57 Å². The van der Waals surface area contributed by atoms with Crippen molar-refractivity contribution in [2.75, 3.05) is 54.4 Å². The smallest absolute Gasteiger partial charge is 0.280 e. The molecule has 10 nitrogen and oxygen atoms in total. The molecule has 0 spiro atoms. The molecule has 5 rings (SSSR count). The number of hydrogen-bond donors (Lipinski definition) is 1. The quantitative estimate of drug-likeness (QED) is 0.0346. The first-order valence-electron chi connectivity index (χ1n) is 36.7.